The maximum Gasteiger partial charge on any atom is 0.253 e. The number of benzene rings is 2. The number of hydrogen-bond acceptors (Lipinski definition) is 3. The lowest BCUT2D eigenvalue weighted by Crippen LogP contribution is -2.41. The number of fused-ring (bicyclic) bond motifs is 1. The van der Waals surface area contributed by atoms with Gasteiger partial charge in [0.15, 0.2) is 5.11 Å². The van der Waals surface area contributed by atoms with Crippen LogP contribution in [-0.2, 0) is 6.54 Å². The van der Waals surface area contributed by atoms with Crippen molar-refractivity contribution in [1.29, 1.82) is 0 Å². The van der Waals surface area contributed by atoms with Gasteiger partial charge in [0.1, 0.15) is 5.82 Å². The van der Waals surface area contributed by atoms with Gasteiger partial charge in [-0.15, -0.1) is 0 Å². The topological polar surface area (TPSA) is 51.4 Å². The lowest BCUT2D eigenvalue weighted by molar-refractivity contribution is 0.266. The number of pyridine rings is 1. The van der Waals surface area contributed by atoms with Gasteiger partial charge in [-0.25, -0.2) is 4.39 Å². The summed E-state index contributed by atoms with van der Waals surface area (Å²) in [6, 6.07) is 12.2. The summed E-state index contributed by atoms with van der Waals surface area (Å²) >= 11 is 5.69. The Morgan fingerprint density at radius 2 is 1.69 bits per heavy atom. The third-order valence-electron chi connectivity index (χ3n) is 5.85. The number of hydrogen-bond donors (Lipinski definition) is 2. The number of thiocarbonyl (C=S) groups is 1. The van der Waals surface area contributed by atoms with Crippen LogP contribution in [-0.4, -0.2) is 46.1 Å². The van der Waals surface area contributed by atoms with E-state index in [1.54, 1.807) is 12.1 Å². The number of aromatic amines is 1. The number of nitrogens with zero attached hydrogens (tertiary/aromatic N) is 2. The Kier molecular flexibility index (Phi) is 7.99. The Balaban J connectivity index is 1.89. The molecular weight excluding hydrogens is 423 g/mol. The molecule has 0 atom stereocenters. The second-order valence-corrected chi connectivity index (χ2v) is 8.38. The van der Waals surface area contributed by atoms with Crippen LogP contribution in [0.4, 0.5) is 10.1 Å². The number of likely N-dealkylation sites (N-methyl/N-ethyl adjacent to an activating group) is 1. The molecule has 2 N–H and O–H groups in total. The highest BCUT2D eigenvalue weighted by atomic mass is 32.1. The summed E-state index contributed by atoms with van der Waals surface area (Å²) in [4.78, 5) is 20.3. The second kappa shape index (κ2) is 10.7. The van der Waals surface area contributed by atoms with Crippen LogP contribution in [0.2, 0.25) is 0 Å². The van der Waals surface area contributed by atoms with Crippen molar-refractivity contribution < 1.29 is 4.39 Å². The fourth-order valence-corrected chi connectivity index (χ4v) is 4.01. The minimum absolute atomic E-state index is 0.108. The first-order chi connectivity index (χ1) is 15.3. The van der Waals surface area contributed by atoms with E-state index in [-0.39, 0.29) is 11.4 Å². The van der Waals surface area contributed by atoms with Crippen LogP contribution in [0.25, 0.3) is 10.9 Å². The third-order valence-corrected chi connectivity index (χ3v) is 6.21. The molecule has 0 bridgehead atoms. The molecule has 170 valence electrons. The van der Waals surface area contributed by atoms with Gasteiger partial charge in [0.05, 0.1) is 12.1 Å². The molecule has 0 unspecified atom stereocenters. The van der Waals surface area contributed by atoms with Crippen LogP contribution < -0.4 is 10.9 Å². The molecule has 0 aliphatic rings. The van der Waals surface area contributed by atoms with Crippen molar-refractivity contribution in [2.45, 2.75) is 34.2 Å². The molecule has 1 heterocycles. The normalized spacial score (nSPS) is 11.2. The fourth-order valence-electron chi connectivity index (χ4n) is 3.73. The lowest BCUT2D eigenvalue weighted by atomic mass is 10.0. The molecule has 2 aromatic carbocycles. The first-order valence-electron chi connectivity index (χ1n) is 11.0. The van der Waals surface area contributed by atoms with Crippen LogP contribution in [0.5, 0.6) is 0 Å². The quantitative estimate of drug-likeness (QED) is 0.478. The van der Waals surface area contributed by atoms with E-state index in [2.05, 4.69) is 35.1 Å². The van der Waals surface area contributed by atoms with Gasteiger partial charge in [0, 0.05) is 29.7 Å². The van der Waals surface area contributed by atoms with Crippen LogP contribution in [0.1, 0.15) is 30.5 Å². The molecule has 32 heavy (non-hydrogen) atoms. The van der Waals surface area contributed by atoms with E-state index < -0.39 is 0 Å². The number of aryl methyl sites for hydroxylation is 2. The summed E-state index contributed by atoms with van der Waals surface area (Å²) in [7, 11) is 0. The highest BCUT2D eigenvalue weighted by Crippen LogP contribution is 2.20. The standard InChI is InChI=1S/C25H31FN4OS/c1-5-29(6-2)13-14-30(25(32)27-21-11-9-20(26)10-12-21)16-19-15-22-17(3)7-8-18(4)23(22)28-24(19)31/h7-12,15H,5-6,13-14,16H2,1-4H3,(H,27,32)(H,28,31). The molecule has 0 fully saturated rings. The molecule has 0 aliphatic carbocycles. The van der Waals surface area contributed by atoms with Crippen molar-refractivity contribution >= 4 is 33.9 Å². The summed E-state index contributed by atoms with van der Waals surface area (Å²) in [5.41, 5.74) is 4.30. The Bertz CT molecular complexity index is 1140. The number of nitrogens with one attached hydrogen (secondary N) is 2. The Labute approximate surface area is 194 Å². The van der Waals surface area contributed by atoms with E-state index in [1.807, 2.05) is 30.9 Å². The predicted octanol–water partition coefficient (Wildman–Crippen LogP) is 4.82. The van der Waals surface area contributed by atoms with Crippen LogP contribution >= 0.6 is 12.2 Å². The zero-order chi connectivity index (χ0) is 23.3. The minimum atomic E-state index is -0.298. The van der Waals surface area contributed by atoms with Gasteiger partial charge in [-0.2, -0.15) is 0 Å². The van der Waals surface area contributed by atoms with E-state index in [0.29, 0.717) is 29.5 Å². The van der Waals surface area contributed by atoms with E-state index in [0.717, 1.165) is 41.7 Å². The number of H-pyrrole nitrogens is 1. The van der Waals surface area contributed by atoms with Crippen LogP contribution in [0, 0.1) is 19.7 Å². The molecule has 3 aromatic rings. The molecular formula is C25H31FN4OS. The van der Waals surface area contributed by atoms with E-state index in [1.165, 1.54) is 12.1 Å². The summed E-state index contributed by atoms with van der Waals surface area (Å²) in [6.45, 7) is 12.0. The maximum absolute atomic E-state index is 13.3. The summed E-state index contributed by atoms with van der Waals surface area (Å²) in [5, 5.41) is 4.73. The van der Waals surface area contributed by atoms with Crippen molar-refractivity contribution in [2.75, 3.05) is 31.5 Å². The molecule has 0 radical (unpaired) electrons. The molecule has 0 amide bonds. The first-order valence-corrected chi connectivity index (χ1v) is 11.4. The van der Waals surface area contributed by atoms with Crippen molar-refractivity contribution in [1.82, 2.24) is 14.8 Å². The van der Waals surface area contributed by atoms with Gasteiger partial charge in [0.25, 0.3) is 5.56 Å². The average molecular weight is 455 g/mol. The SMILES string of the molecule is CCN(CC)CCN(Cc1cc2c(C)ccc(C)c2[nH]c1=O)C(=S)Nc1ccc(F)cc1. The minimum Gasteiger partial charge on any atom is -0.343 e. The molecule has 1 aromatic heterocycles. The van der Waals surface area contributed by atoms with Gasteiger partial charge in [-0.3, -0.25) is 4.79 Å². The van der Waals surface area contributed by atoms with Crippen LogP contribution in [0.3, 0.4) is 0 Å². The third kappa shape index (κ3) is 5.72. The molecule has 0 saturated heterocycles. The van der Waals surface area contributed by atoms with Gasteiger partial charge >= 0.3 is 0 Å². The van der Waals surface area contributed by atoms with Gasteiger partial charge in [0.2, 0.25) is 0 Å². The number of halogens is 1. The molecule has 0 spiro atoms. The summed E-state index contributed by atoms with van der Waals surface area (Å²) in [5.74, 6) is -0.298. The van der Waals surface area contributed by atoms with E-state index in [4.69, 9.17) is 12.2 Å². The number of aromatic nitrogens is 1. The van der Waals surface area contributed by atoms with E-state index in [9.17, 15) is 9.18 Å². The molecule has 7 heteroatoms. The Hall–Kier alpha value is -2.77. The van der Waals surface area contributed by atoms with Crippen molar-refractivity contribution in [3.63, 3.8) is 0 Å². The monoisotopic (exact) mass is 454 g/mol. The lowest BCUT2D eigenvalue weighted by Gasteiger charge is -2.29. The number of anilines is 1. The summed E-state index contributed by atoms with van der Waals surface area (Å²) < 4.78 is 13.3. The van der Waals surface area contributed by atoms with E-state index >= 15 is 0 Å². The predicted molar refractivity (Wildman–Crippen MR) is 135 cm³/mol. The average Bonchev–Trinajstić information content (AvgIpc) is 2.78. The summed E-state index contributed by atoms with van der Waals surface area (Å²) in [6.07, 6.45) is 0. The molecule has 5 nitrogen and oxygen atoms in total. The largest absolute Gasteiger partial charge is 0.343 e. The highest BCUT2D eigenvalue weighted by molar-refractivity contribution is 7.80. The zero-order valence-corrected chi connectivity index (χ0v) is 20.0. The van der Waals surface area contributed by atoms with Crippen LogP contribution in [0.15, 0.2) is 47.3 Å². The zero-order valence-electron chi connectivity index (χ0n) is 19.2. The maximum atomic E-state index is 13.3. The first kappa shape index (κ1) is 23.9. The molecule has 0 aliphatic heterocycles. The smallest absolute Gasteiger partial charge is 0.253 e. The fraction of sp³-hybridized carbons (Fsp3) is 0.360. The Morgan fingerprint density at radius 3 is 2.34 bits per heavy atom. The van der Waals surface area contributed by atoms with Crippen molar-refractivity contribution in [3.05, 3.63) is 75.3 Å². The van der Waals surface area contributed by atoms with Crippen molar-refractivity contribution in [3.8, 4) is 0 Å². The van der Waals surface area contributed by atoms with Gasteiger partial charge in [-0.1, -0.05) is 26.0 Å². The van der Waals surface area contributed by atoms with Gasteiger partial charge in [-0.05, 0) is 80.6 Å². The van der Waals surface area contributed by atoms with Gasteiger partial charge < -0.3 is 20.1 Å². The molecule has 0 saturated carbocycles. The Morgan fingerprint density at radius 1 is 1.03 bits per heavy atom. The second-order valence-electron chi connectivity index (χ2n) is 8.00. The number of rotatable bonds is 8. The van der Waals surface area contributed by atoms with Crippen molar-refractivity contribution in [2.24, 2.45) is 0 Å². The molecule has 3 rings (SSSR count). The highest BCUT2D eigenvalue weighted by Gasteiger charge is 2.16.